The Bertz CT molecular complexity index is 779. The van der Waals surface area contributed by atoms with Crippen LogP contribution in [0.15, 0.2) is 36.9 Å². The number of nitrogens with zero attached hydrogens (tertiary/aromatic N) is 4. The van der Waals surface area contributed by atoms with Crippen LogP contribution in [0.5, 0.6) is 0 Å². The molecule has 0 atom stereocenters. The zero-order valence-corrected chi connectivity index (χ0v) is 17.1. The van der Waals surface area contributed by atoms with Gasteiger partial charge in [0.25, 0.3) is 0 Å². The number of pyridine rings is 1. The summed E-state index contributed by atoms with van der Waals surface area (Å²) < 4.78 is 15.7. The molecular formula is C20H31FN4O. The highest BCUT2D eigenvalue weighted by atomic mass is 19.1. The van der Waals surface area contributed by atoms with E-state index in [4.69, 9.17) is 0 Å². The molecule has 0 saturated carbocycles. The van der Waals surface area contributed by atoms with Crippen LogP contribution in [0.2, 0.25) is 0 Å². The summed E-state index contributed by atoms with van der Waals surface area (Å²) in [5, 5.41) is 14.0. The van der Waals surface area contributed by atoms with Crippen LogP contribution in [-0.4, -0.2) is 24.7 Å². The minimum atomic E-state index is -1.32. The molecule has 0 aliphatic carbocycles. The Morgan fingerprint density at radius 1 is 1.00 bits per heavy atom. The van der Waals surface area contributed by atoms with Gasteiger partial charge in [0.2, 0.25) is 0 Å². The summed E-state index contributed by atoms with van der Waals surface area (Å²) in [7, 11) is 0. The van der Waals surface area contributed by atoms with Gasteiger partial charge in [0, 0.05) is 29.7 Å². The highest BCUT2D eigenvalue weighted by Gasteiger charge is 2.23. The van der Waals surface area contributed by atoms with Crippen LogP contribution < -0.4 is 0 Å². The summed E-state index contributed by atoms with van der Waals surface area (Å²) in [5.41, 5.74) is 0.598. The van der Waals surface area contributed by atoms with E-state index < -0.39 is 11.4 Å². The molecule has 0 aliphatic rings. The summed E-state index contributed by atoms with van der Waals surface area (Å²) >= 11 is 0. The molecule has 1 N–H and O–H groups in total. The first-order valence-electron chi connectivity index (χ1n) is 9.14. The van der Waals surface area contributed by atoms with Crippen LogP contribution in [0, 0.1) is 5.82 Å². The van der Waals surface area contributed by atoms with E-state index in [9.17, 15) is 9.50 Å². The van der Waals surface area contributed by atoms with E-state index in [1.807, 2.05) is 41.5 Å². The van der Waals surface area contributed by atoms with Gasteiger partial charge in [-0.15, -0.1) is 0 Å². The quantitative estimate of drug-likeness (QED) is 0.677. The number of aliphatic hydroxyl groups is 1. The largest absolute Gasteiger partial charge is 0.384 e. The Morgan fingerprint density at radius 3 is 2.15 bits per heavy atom. The molecular weight excluding hydrogens is 331 g/mol. The van der Waals surface area contributed by atoms with Gasteiger partial charge in [0.05, 0.1) is 6.20 Å². The third kappa shape index (κ3) is 5.59. The van der Waals surface area contributed by atoms with Crippen molar-refractivity contribution in [3.63, 3.8) is 0 Å². The third-order valence-electron chi connectivity index (χ3n) is 3.01. The number of halogens is 1. The predicted octanol–water partition coefficient (Wildman–Crippen LogP) is 5.24. The molecule has 3 rings (SSSR count). The van der Waals surface area contributed by atoms with E-state index in [0.717, 1.165) is 0 Å². The molecule has 26 heavy (non-hydrogen) atoms. The Morgan fingerprint density at radius 2 is 1.62 bits per heavy atom. The molecule has 3 heterocycles. The zero-order valence-electron chi connectivity index (χ0n) is 17.1. The Labute approximate surface area is 155 Å². The van der Waals surface area contributed by atoms with Gasteiger partial charge in [-0.1, -0.05) is 41.5 Å². The van der Waals surface area contributed by atoms with E-state index in [-0.39, 0.29) is 5.69 Å². The van der Waals surface area contributed by atoms with E-state index in [2.05, 4.69) is 15.1 Å². The fourth-order valence-corrected chi connectivity index (χ4v) is 2.07. The molecule has 0 radical (unpaired) electrons. The molecule has 0 aromatic carbocycles. The van der Waals surface area contributed by atoms with Gasteiger partial charge in [-0.2, -0.15) is 5.10 Å². The second-order valence-electron chi connectivity index (χ2n) is 5.06. The second kappa shape index (κ2) is 11.3. The first kappa shape index (κ1) is 23.7. The van der Waals surface area contributed by atoms with Crippen molar-refractivity contribution in [2.24, 2.45) is 0 Å². The van der Waals surface area contributed by atoms with Gasteiger partial charge in [-0.3, -0.25) is 4.98 Å². The maximum atomic E-state index is 14.1. The van der Waals surface area contributed by atoms with Crippen molar-refractivity contribution >= 4 is 5.65 Å². The first-order chi connectivity index (χ1) is 12.5. The molecule has 0 spiro atoms. The van der Waals surface area contributed by atoms with Crippen LogP contribution in [0.25, 0.3) is 16.8 Å². The molecule has 0 unspecified atom stereocenters. The summed E-state index contributed by atoms with van der Waals surface area (Å²) in [6.07, 6.45) is 6.54. The Balaban J connectivity index is 0.000000948. The Kier molecular flexibility index (Phi) is 10.3. The summed E-state index contributed by atoms with van der Waals surface area (Å²) in [5.74, 6) is -0.551. The molecule has 3 aromatic rings. The Hall–Kier alpha value is -2.34. The van der Waals surface area contributed by atoms with Gasteiger partial charge in [-0.05, 0) is 26.0 Å². The van der Waals surface area contributed by atoms with Gasteiger partial charge in [0.15, 0.2) is 5.65 Å². The number of fused-ring (bicyclic) bond motifs is 1. The fourth-order valence-electron chi connectivity index (χ4n) is 2.07. The number of aromatic nitrogens is 4. The highest BCUT2D eigenvalue weighted by molar-refractivity contribution is 5.76. The van der Waals surface area contributed by atoms with Crippen LogP contribution >= 0.6 is 0 Å². The van der Waals surface area contributed by atoms with Crippen molar-refractivity contribution in [2.75, 3.05) is 0 Å². The summed E-state index contributed by atoms with van der Waals surface area (Å²) in [6.45, 7) is 15.0. The smallest absolute Gasteiger partial charge is 0.162 e. The predicted molar refractivity (Wildman–Crippen MR) is 105 cm³/mol. The van der Waals surface area contributed by atoms with Gasteiger partial charge >= 0.3 is 0 Å². The minimum absolute atomic E-state index is 0.0192. The van der Waals surface area contributed by atoms with Crippen LogP contribution in [0.4, 0.5) is 4.39 Å². The molecule has 0 fully saturated rings. The van der Waals surface area contributed by atoms with Crippen molar-refractivity contribution in [3.8, 4) is 11.1 Å². The lowest BCUT2D eigenvalue weighted by atomic mass is 10.0. The second-order valence-corrected chi connectivity index (χ2v) is 5.06. The molecule has 0 amide bonds. The molecule has 5 nitrogen and oxygen atoms in total. The van der Waals surface area contributed by atoms with Crippen molar-refractivity contribution < 1.29 is 9.50 Å². The van der Waals surface area contributed by atoms with E-state index in [1.54, 1.807) is 29.2 Å². The standard InChI is InChI=1S/C14H13FN4O.3C2H6/c1-14(2,20)12-11(15)6-9(7-17-12)10-8-18-19-5-3-4-16-13(10)19;3*1-2/h3-8,20H,1-2H3;3*1-2H3. The molecule has 144 valence electrons. The third-order valence-corrected chi connectivity index (χ3v) is 3.01. The topological polar surface area (TPSA) is 63.3 Å². The lowest BCUT2D eigenvalue weighted by Crippen LogP contribution is -2.19. The average molecular weight is 362 g/mol. The maximum Gasteiger partial charge on any atom is 0.162 e. The van der Waals surface area contributed by atoms with Crippen LogP contribution in [0.1, 0.15) is 61.1 Å². The van der Waals surface area contributed by atoms with Crippen LogP contribution in [0.3, 0.4) is 0 Å². The fraction of sp³-hybridized carbons (Fsp3) is 0.450. The van der Waals surface area contributed by atoms with Gasteiger partial charge < -0.3 is 5.11 Å². The molecule has 6 heteroatoms. The molecule has 3 aromatic heterocycles. The van der Waals surface area contributed by atoms with Crippen LogP contribution in [-0.2, 0) is 5.60 Å². The van der Waals surface area contributed by atoms with E-state index >= 15 is 0 Å². The monoisotopic (exact) mass is 362 g/mol. The maximum absolute atomic E-state index is 14.1. The van der Waals surface area contributed by atoms with Crippen molar-refractivity contribution in [2.45, 2.75) is 61.0 Å². The van der Waals surface area contributed by atoms with Crippen molar-refractivity contribution in [3.05, 3.63) is 48.4 Å². The zero-order chi connectivity index (χ0) is 20.3. The lowest BCUT2D eigenvalue weighted by Gasteiger charge is -2.17. The minimum Gasteiger partial charge on any atom is -0.384 e. The normalized spacial score (nSPS) is 9.92. The van der Waals surface area contributed by atoms with Crippen molar-refractivity contribution in [1.82, 2.24) is 19.6 Å². The number of rotatable bonds is 2. The number of hydrogen-bond acceptors (Lipinski definition) is 4. The average Bonchev–Trinajstić information content (AvgIpc) is 3.10. The molecule has 0 saturated heterocycles. The molecule has 0 bridgehead atoms. The summed E-state index contributed by atoms with van der Waals surface area (Å²) in [6, 6.07) is 3.10. The summed E-state index contributed by atoms with van der Waals surface area (Å²) in [4.78, 5) is 8.24. The van der Waals surface area contributed by atoms with E-state index in [0.29, 0.717) is 16.8 Å². The first-order valence-corrected chi connectivity index (χ1v) is 9.14. The van der Waals surface area contributed by atoms with Crippen molar-refractivity contribution in [1.29, 1.82) is 0 Å². The van der Waals surface area contributed by atoms with E-state index in [1.165, 1.54) is 26.1 Å². The molecule has 0 aliphatic heterocycles. The van der Waals surface area contributed by atoms with Gasteiger partial charge in [0.1, 0.15) is 17.1 Å². The SMILES string of the molecule is CC.CC.CC.CC(C)(O)c1ncc(-c2cnn3cccnc23)cc1F. The lowest BCUT2D eigenvalue weighted by molar-refractivity contribution is 0.0695. The van der Waals surface area contributed by atoms with Gasteiger partial charge in [-0.25, -0.2) is 13.9 Å². The number of hydrogen-bond donors (Lipinski definition) is 1. The highest BCUT2D eigenvalue weighted by Crippen LogP contribution is 2.27.